The van der Waals surface area contributed by atoms with Gasteiger partial charge in [0.05, 0.1) is 0 Å². The molecule has 1 aromatic rings. The highest BCUT2D eigenvalue weighted by Gasteiger charge is 2.03. The SMILES string of the molecule is CCCCCCCCCCCCCCCC[n+]1cccc(CCCCCCCCCCCCC)c1.[Cl-]. The highest BCUT2D eigenvalue weighted by molar-refractivity contribution is 5.05. The van der Waals surface area contributed by atoms with Crippen molar-refractivity contribution in [3.05, 3.63) is 30.1 Å². The number of halogens is 1. The standard InChI is InChI=1S/C34H64N.ClH/c1-3-5-7-9-11-13-15-16-17-19-21-23-25-27-31-35-32-28-30-34(33-35)29-26-24-22-20-18-14-12-10-8-6-4-2;/h28,30,32-33H,3-27,29,31H2,1-2H3;1H/q+1;/p-1. The predicted octanol–water partition coefficient (Wildman–Crippen LogP) is 8.31. The second-order valence-corrected chi connectivity index (χ2v) is 11.3. The van der Waals surface area contributed by atoms with Gasteiger partial charge in [-0.15, -0.1) is 0 Å². The van der Waals surface area contributed by atoms with E-state index in [2.05, 4.69) is 42.9 Å². The zero-order chi connectivity index (χ0) is 25.1. The number of aryl methyl sites for hydroxylation is 2. The molecule has 0 aromatic carbocycles. The lowest BCUT2D eigenvalue weighted by Gasteiger charge is -2.04. The average Bonchev–Trinajstić information content (AvgIpc) is 2.88. The summed E-state index contributed by atoms with van der Waals surface area (Å²) in [5.74, 6) is 0. The van der Waals surface area contributed by atoms with Gasteiger partial charge in [-0.2, -0.15) is 0 Å². The minimum absolute atomic E-state index is 0. The molecule has 1 aromatic heterocycles. The molecule has 0 saturated carbocycles. The van der Waals surface area contributed by atoms with Crippen molar-refractivity contribution in [3.8, 4) is 0 Å². The van der Waals surface area contributed by atoms with Crippen LogP contribution in [0.4, 0.5) is 0 Å². The van der Waals surface area contributed by atoms with E-state index >= 15 is 0 Å². The molecule has 0 fully saturated rings. The van der Waals surface area contributed by atoms with E-state index in [9.17, 15) is 0 Å². The van der Waals surface area contributed by atoms with E-state index in [1.165, 1.54) is 179 Å². The number of rotatable bonds is 27. The average molecular weight is 522 g/mol. The third-order valence-electron chi connectivity index (χ3n) is 7.76. The summed E-state index contributed by atoms with van der Waals surface area (Å²) in [7, 11) is 0. The molecule has 0 aliphatic heterocycles. The molecule has 0 spiro atoms. The van der Waals surface area contributed by atoms with Gasteiger partial charge >= 0.3 is 0 Å². The van der Waals surface area contributed by atoms with Crippen LogP contribution in [0.25, 0.3) is 0 Å². The van der Waals surface area contributed by atoms with Gasteiger partial charge in [-0.3, -0.25) is 0 Å². The van der Waals surface area contributed by atoms with Crippen molar-refractivity contribution in [2.24, 2.45) is 0 Å². The monoisotopic (exact) mass is 521 g/mol. The first-order chi connectivity index (χ1) is 17.4. The molecule has 1 nitrogen and oxygen atoms in total. The number of pyridine rings is 1. The summed E-state index contributed by atoms with van der Waals surface area (Å²) in [6.45, 7) is 5.80. The number of hydrogen-bond donors (Lipinski definition) is 0. The van der Waals surface area contributed by atoms with E-state index in [1.54, 1.807) is 0 Å². The largest absolute Gasteiger partial charge is 1.00 e. The van der Waals surface area contributed by atoms with E-state index < -0.39 is 0 Å². The lowest BCUT2D eigenvalue weighted by molar-refractivity contribution is -0.697. The van der Waals surface area contributed by atoms with E-state index in [0.29, 0.717) is 0 Å². The maximum Gasteiger partial charge on any atom is 0.171 e. The van der Waals surface area contributed by atoms with Gasteiger partial charge in [0.15, 0.2) is 12.4 Å². The second-order valence-electron chi connectivity index (χ2n) is 11.3. The van der Waals surface area contributed by atoms with Gasteiger partial charge in [0.25, 0.3) is 0 Å². The topological polar surface area (TPSA) is 3.88 Å². The Morgan fingerprint density at radius 2 is 0.833 bits per heavy atom. The molecule has 0 unspecified atom stereocenters. The molecule has 0 aliphatic rings. The van der Waals surface area contributed by atoms with Crippen LogP contribution in [0.1, 0.15) is 180 Å². The highest BCUT2D eigenvalue weighted by atomic mass is 35.5. The maximum atomic E-state index is 2.44. The lowest BCUT2D eigenvalue weighted by atomic mass is 10.0. The summed E-state index contributed by atoms with van der Waals surface area (Å²) in [6.07, 6.45) is 41.8. The first kappa shape index (κ1) is 35.4. The predicted molar refractivity (Wildman–Crippen MR) is 157 cm³/mol. The molecule has 36 heavy (non-hydrogen) atoms. The summed E-state index contributed by atoms with van der Waals surface area (Å²) < 4.78 is 2.44. The van der Waals surface area contributed by atoms with Gasteiger partial charge in [0, 0.05) is 18.1 Å². The van der Waals surface area contributed by atoms with E-state index in [-0.39, 0.29) is 12.4 Å². The molecule has 1 heterocycles. The van der Waals surface area contributed by atoms with Crippen LogP contribution in [0.3, 0.4) is 0 Å². The van der Waals surface area contributed by atoms with Crippen LogP contribution in [0, 0.1) is 0 Å². The van der Waals surface area contributed by atoms with Crippen LogP contribution in [-0.2, 0) is 13.0 Å². The first-order valence-corrected chi connectivity index (χ1v) is 16.3. The first-order valence-electron chi connectivity index (χ1n) is 16.3. The molecular formula is C34H64ClN. The van der Waals surface area contributed by atoms with Crippen molar-refractivity contribution < 1.29 is 17.0 Å². The molecular weight excluding hydrogens is 458 g/mol. The quantitative estimate of drug-likeness (QED) is 0.0809. The van der Waals surface area contributed by atoms with E-state index in [0.717, 1.165) is 0 Å². The lowest BCUT2D eigenvalue weighted by Crippen LogP contribution is -3.00. The van der Waals surface area contributed by atoms with Gasteiger partial charge in [0.1, 0.15) is 6.54 Å². The summed E-state index contributed by atoms with van der Waals surface area (Å²) in [5, 5.41) is 0. The summed E-state index contributed by atoms with van der Waals surface area (Å²) in [5.41, 5.74) is 1.54. The smallest absolute Gasteiger partial charge is 0.171 e. The van der Waals surface area contributed by atoms with E-state index in [1.807, 2.05) is 0 Å². The minimum atomic E-state index is 0. The van der Waals surface area contributed by atoms with Crippen LogP contribution in [0.5, 0.6) is 0 Å². The fourth-order valence-corrected chi connectivity index (χ4v) is 5.35. The van der Waals surface area contributed by atoms with Crippen molar-refractivity contribution >= 4 is 0 Å². The van der Waals surface area contributed by atoms with Crippen LogP contribution < -0.4 is 17.0 Å². The van der Waals surface area contributed by atoms with Crippen LogP contribution in [0.15, 0.2) is 24.5 Å². The molecule has 0 amide bonds. The summed E-state index contributed by atoms with van der Waals surface area (Å²) in [4.78, 5) is 0. The molecule has 0 N–H and O–H groups in total. The Balaban J connectivity index is 0.0000122. The summed E-state index contributed by atoms with van der Waals surface area (Å²) in [6, 6.07) is 4.59. The maximum absolute atomic E-state index is 2.44. The minimum Gasteiger partial charge on any atom is -1.00 e. The van der Waals surface area contributed by atoms with Crippen molar-refractivity contribution in [1.82, 2.24) is 0 Å². The Labute approximate surface area is 234 Å². The Morgan fingerprint density at radius 3 is 1.25 bits per heavy atom. The van der Waals surface area contributed by atoms with Crippen molar-refractivity contribution in [3.63, 3.8) is 0 Å². The molecule has 0 saturated heterocycles. The molecule has 0 radical (unpaired) electrons. The van der Waals surface area contributed by atoms with Crippen molar-refractivity contribution in [2.45, 2.75) is 187 Å². The molecule has 0 bridgehead atoms. The fraction of sp³-hybridized carbons (Fsp3) is 0.853. The van der Waals surface area contributed by atoms with Gasteiger partial charge < -0.3 is 12.4 Å². The van der Waals surface area contributed by atoms with E-state index in [4.69, 9.17) is 0 Å². The zero-order valence-corrected chi connectivity index (χ0v) is 25.5. The van der Waals surface area contributed by atoms with Crippen LogP contribution >= 0.6 is 0 Å². The molecule has 212 valence electrons. The fourth-order valence-electron chi connectivity index (χ4n) is 5.35. The molecule has 0 atom stereocenters. The zero-order valence-electron chi connectivity index (χ0n) is 24.7. The molecule has 2 heteroatoms. The number of unbranched alkanes of at least 4 members (excludes halogenated alkanes) is 23. The number of nitrogens with zero attached hydrogens (tertiary/aromatic N) is 1. The third-order valence-corrected chi connectivity index (χ3v) is 7.76. The van der Waals surface area contributed by atoms with Gasteiger partial charge in [-0.25, -0.2) is 4.57 Å². The third kappa shape index (κ3) is 23.8. The van der Waals surface area contributed by atoms with Crippen molar-refractivity contribution in [2.75, 3.05) is 0 Å². The Morgan fingerprint density at radius 1 is 0.472 bits per heavy atom. The van der Waals surface area contributed by atoms with Crippen molar-refractivity contribution in [1.29, 1.82) is 0 Å². The number of hydrogen-bond acceptors (Lipinski definition) is 0. The second kappa shape index (κ2) is 29.0. The van der Waals surface area contributed by atoms with Gasteiger partial charge in [0.2, 0.25) is 0 Å². The Hall–Kier alpha value is -0.560. The highest BCUT2D eigenvalue weighted by Crippen LogP contribution is 2.14. The Bertz CT molecular complexity index is 544. The number of aromatic nitrogens is 1. The molecule has 0 aliphatic carbocycles. The van der Waals surface area contributed by atoms with Gasteiger partial charge in [-0.05, 0) is 25.3 Å². The Kier molecular flexibility index (Phi) is 28.6. The normalized spacial score (nSPS) is 11.1. The molecule has 1 rings (SSSR count). The van der Waals surface area contributed by atoms with Crippen LogP contribution in [0.2, 0.25) is 0 Å². The summed E-state index contributed by atoms with van der Waals surface area (Å²) >= 11 is 0. The van der Waals surface area contributed by atoms with Gasteiger partial charge in [-0.1, -0.05) is 155 Å². The van der Waals surface area contributed by atoms with Crippen LogP contribution in [-0.4, -0.2) is 0 Å².